The Morgan fingerprint density at radius 3 is 2.48 bits per heavy atom. The maximum atomic E-state index is 14.5. The second-order valence-electron chi connectivity index (χ2n) is 14.5. The number of hydrogen-bond donors (Lipinski definition) is 1. The molecule has 2 atom stereocenters. The van der Waals surface area contributed by atoms with Crippen molar-refractivity contribution in [3.8, 4) is 0 Å². The van der Waals surface area contributed by atoms with Crippen LogP contribution in [0.25, 0.3) is 0 Å². The Morgan fingerprint density at radius 1 is 1.14 bits per heavy atom. The van der Waals surface area contributed by atoms with E-state index in [1.807, 2.05) is 58.6 Å². The van der Waals surface area contributed by atoms with Crippen LogP contribution in [0.1, 0.15) is 83.8 Å². The lowest BCUT2D eigenvalue weighted by Gasteiger charge is -2.44. The standard InChI is InChI=1S/C33H52N6O5/c1-23(2)19-39(29(40)27-18-35-30(32(3,4)5)36-28(27)34-17-26-10-9-13-43-26)25-16-24(20-37-11-14-42-15-12-37)21-38(22-25)31(41)44-33(6,7)8/h9-10,13,18,23-25H,11-12,14-17,19-22H2,1-8H3,(H,34,35,36)/t24-,25+/m1/s1. The maximum absolute atomic E-state index is 14.5. The van der Waals surface area contributed by atoms with Crippen molar-refractivity contribution in [3.05, 3.63) is 41.7 Å². The number of carbonyl (C=O) groups is 2. The van der Waals surface area contributed by atoms with Gasteiger partial charge in [0.05, 0.1) is 32.1 Å². The summed E-state index contributed by atoms with van der Waals surface area (Å²) in [6.07, 6.45) is 3.71. The first-order chi connectivity index (χ1) is 20.7. The van der Waals surface area contributed by atoms with Crippen LogP contribution < -0.4 is 5.32 Å². The van der Waals surface area contributed by atoms with Gasteiger partial charge in [0.2, 0.25) is 0 Å². The third kappa shape index (κ3) is 9.41. The third-order valence-corrected chi connectivity index (χ3v) is 7.75. The van der Waals surface area contributed by atoms with Crippen molar-refractivity contribution in [2.24, 2.45) is 11.8 Å². The summed E-state index contributed by atoms with van der Waals surface area (Å²) in [7, 11) is 0. The van der Waals surface area contributed by atoms with Gasteiger partial charge in [0.15, 0.2) is 0 Å². The molecule has 44 heavy (non-hydrogen) atoms. The van der Waals surface area contributed by atoms with Crippen molar-refractivity contribution in [1.29, 1.82) is 0 Å². The average molecular weight is 613 g/mol. The normalized spacial score (nSPS) is 20.1. The van der Waals surface area contributed by atoms with Gasteiger partial charge in [-0.15, -0.1) is 0 Å². The fraction of sp³-hybridized carbons (Fsp3) is 0.697. The first-order valence-corrected chi connectivity index (χ1v) is 15.9. The Bertz CT molecular complexity index is 1230. The summed E-state index contributed by atoms with van der Waals surface area (Å²) >= 11 is 0. The van der Waals surface area contributed by atoms with Crippen LogP contribution in [0.2, 0.25) is 0 Å². The van der Waals surface area contributed by atoms with Gasteiger partial charge in [-0.05, 0) is 51.2 Å². The van der Waals surface area contributed by atoms with E-state index in [1.165, 1.54) is 0 Å². The molecule has 2 aliphatic rings. The molecule has 0 saturated carbocycles. The summed E-state index contributed by atoms with van der Waals surface area (Å²) in [5.41, 5.74) is -0.508. The fourth-order valence-electron chi connectivity index (χ4n) is 5.72. The Labute approximate surface area is 262 Å². The quantitative estimate of drug-likeness (QED) is 0.416. The average Bonchev–Trinajstić information content (AvgIpc) is 3.47. The van der Waals surface area contributed by atoms with Gasteiger partial charge in [0, 0.05) is 50.9 Å². The Kier molecular flexibility index (Phi) is 10.9. The topological polar surface area (TPSA) is 113 Å². The van der Waals surface area contributed by atoms with Crippen molar-refractivity contribution >= 4 is 17.8 Å². The minimum atomic E-state index is -0.613. The summed E-state index contributed by atoms with van der Waals surface area (Å²) in [6, 6.07) is 3.52. The van der Waals surface area contributed by atoms with Crippen LogP contribution in [0, 0.1) is 11.8 Å². The summed E-state index contributed by atoms with van der Waals surface area (Å²) in [4.78, 5) is 43.5. The number of furan rings is 1. The highest BCUT2D eigenvalue weighted by atomic mass is 16.6. The number of rotatable bonds is 9. The molecule has 2 amide bonds. The van der Waals surface area contributed by atoms with E-state index in [-0.39, 0.29) is 35.3 Å². The molecular weight excluding hydrogens is 560 g/mol. The number of piperidine rings is 1. The van der Waals surface area contributed by atoms with E-state index >= 15 is 0 Å². The molecule has 0 unspecified atom stereocenters. The van der Waals surface area contributed by atoms with Crippen molar-refractivity contribution in [3.63, 3.8) is 0 Å². The molecule has 2 aromatic heterocycles. The Morgan fingerprint density at radius 2 is 1.86 bits per heavy atom. The first kappa shape index (κ1) is 33.7. The zero-order valence-corrected chi connectivity index (χ0v) is 27.9. The predicted molar refractivity (Wildman–Crippen MR) is 170 cm³/mol. The van der Waals surface area contributed by atoms with Gasteiger partial charge in [-0.1, -0.05) is 34.6 Å². The molecule has 0 radical (unpaired) electrons. The van der Waals surface area contributed by atoms with Crippen LogP contribution in [0.4, 0.5) is 10.6 Å². The Balaban J connectivity index is 1.65. The number of amides is 2. The van der Waals surface area contributed by atoms with E-state index in [2.05, 4.69) is 29.0 Å². The van der Waals surface area contributed by atoms with Crippen molar-refractivity contribution in [2.75, 3.05) is 57.8 Å². The van der Waals surface area contributed by atoms with Gasteiger partial charge in [0.1, 0.15) is 28.6 Å². The second kappa shape index (κ2) is 14.3. The van der Waals surface area contributed by atoms with E-state index in [1.54, 1.807) is 17.4 Å². The van der Waals surface area contributed by atoms with Gasteiger partial charge >= 0.3 is 6.09 Å². The number of hydrogen-bond acceptors (Lipinski definition) is 9. The van der Waals surface area contributed by atoms with E-state index in [9.17, 15) is 9.59 Å². The molecule has 244 valence electrons. The number of anilines is 1. The SMILES string of the molecule is CC(C)CN(C(=O)c1cnc(C(C)(C)C)nc1NCc1ccco1)[C@H]1C[C@H](CN2CCOCC2)CN(C(=O)OC(C)(C)C)C1. The molecule has 0 bridgehead atoms. The third-order valence-electron chi connectivity index (χ3n) is 7.75. The molecule has 11 nitrogen and oxygen atoms in total. The molecule has 0 aliphatic carbocycles. The van der Waals surface area contributed by atoms with Gasteiger partial charge in [-0.2, -0.15) is 0 Å². The molecule has 2 fully saturated rings. The molecule has 11 heteroatoms. The van der Waals surface area contributed by atoms with Crippen LogP contribution in [-0.4, -0.2) is 101 Å². The zero-order chi connectivity index (χ0) is 32.1. The molecular formula is C33H52N6O5. The lowest BCUT2D eigenvalue weighted by molar-refractivity contribution is -0.0104. The van der Waals surface area contributed by atoms with E-state index in [0.717, 1.165) is 31.8 Å². The van der Waals surface area contributed by atoms with Crippen LogP contribution in [-0.2, 0) is 21.4 Å². The monoisotopic (exact) mass is 612 g/mol. The van der Waals surface area contributed by atoms with Gasteiger partial charge in [-0.25, -0.2) is 14.8 Å². The lowest BCUT2D eigenvalue weighted by Crippen LogP contribution is -2.57. The molecule has 1 N–H and O–H groups in total. The van der Waals surface area contributed by atoms with E-state index in [4.69, 9.17) is 18.9 Å². The van der Waals surface area contributed by atoms with Crippen molar-refractivity contribution < 1.29 is 23.5 Å². The number of morpholine rings is 1. The highest BCUT2D eigenvalue weighted by Gasteiger charge is 2.39. The number of aromatic nitrogens is 2. The molecule has 2 saturated heterocycles. The number of nitrogens with zero attached hydrogens (tertiary/aromatic N) is 5. The highest BCUT2D eigenvalue weighted by Crippen LogP contribution is 2.29. The largest absolute Gasteiger partial charge is 0.467 e. The highest BCUT2D eigenvalue weighted by molar-refractivity contribution is 5.98. The summed E-state index contributed by atoms with van der Waals surface area (Å²) in [5, 5.41) is 3.34. The summed E-state index contributed by atoms with van der Waals surface area (Å²) in [6.45, 7) is 21.9. The molecule has 2 aliphatic heterocycles. The minimum absolute atomic E-state index is 0.151. The summed E-state index contributed by atoms with van der Waals surface area (Å²) < 4.78 is 16.9. The molecule has 0 aromatic carbocycles. The maximum Gasteiger partial charge on any atom is 0.410 e. The molecule has 2 aromatic rings. The number of carbonyl (C=O) groups excluding carboxylic acids is 2. The van der Waals surface area contributed by atoms with Crippen LogP contribution in [0.5, 0.6) is 0 Å². The number of likely N-dealkylation sites (tertiary alicyclic amines) is 1. The fourth-order valence-corrected chi connectivity index (χ4v) is 5.72. The molecule has 0 spiro atoms. The van der Waals surface area contributed by atoms with Crippen molar-refractivity contribution in [2.45, 2.75) is 85.4 Å². The minimum Gasteiger partial charge on any atom is -0.467 e. The van der Waals surface area contributed by atoms with Crippen LogP contribution in [0.3, 0.4) is 0 Å². The van der Waals surface area contributed by atoms with Gasteiger partial charge in [0.25, 0.3) is 5.91 Å². The Hall–Kier alpha value is -3.18. The van der Waals surface area contributed by atoms with E-state index in [0.29, 0.717) is 56.6 Å². The summed E-state index contributed by atoms with van der Waals surface area (Å²) in [5.74, 6) is 2.10. The van der Waals surface area contributed by atoms with Crippen molar-refractivity contribution in [1.82, 2.24) is 24.7 Å². The smallest absolute Gasteiger partial charge is 0.410 e. The number of ether oxygens (including phenoxy) is 2. The molecule has 4 heterocycles. The predicted octanol–water partition coefficient (Wildman–Crippen LogP) is 5.04. The van der Waals surface area contributed by atoms with Crippen LogP contribution >= 0.6 is 0 Å². The molecule has 4 rings (SSSR count). The number of nitrogens with one attached hydrogen (secondary N) is 1. The lowest BCUT2D eigenvalue weighted by atomic mass is 9.91. The van der Waals surface area contributed by atoms with E-state index < -0.39 is 5.60 Å². The van der Waals surface area contributed by atoms with Crippen LogP contribution in [0.15, 0.2) is 29.0 Å². The van der Waals surface area contributed by atoms with Gasteiger partial charge in [-0.3, -0.25) is 9.69 Å². The zero-order valence-electron chi connectivity index (χ0n) is 27.9. The second-order valence-corrected chi connectivity index (χ2v) is 14.5. The van der Waals surface area contributed by atoms with Gasteiger partial charge < -0.3 is 29.0 Å². The first-order valence-electron chi connectivity index (χ1n) is 15.9.